The van der Waals surface area contributed by atoms with E-state index in [0.717, 1.165) is 4.90 Å². The zero-order chi connectivity index (χ0) is 25.1. The van der Waals surface area contributed by atoms with E-state index >= 15 is 0 Å². The van der Waals surface area contributed by atoms with E-state index < -0.39 is 29.8 Å². The van der Waals surface area contributed by atoms with Crippen molar-refractivity contribution in [2.24, 2.45) is 5.92 Å². The van der Waals surface area contributed by atoms with Crippen molar-refractivity contribution < 1.29 is 29.0 Å². The Kier molecular flexibility index (Phi) is 6.80. The van der Waals surface area contributed by atoms with Crippen molar-refractivity contribution >= 4 is 23.4 Å². The van der Waals surface area contributed by atoms with Crippen LogP contribution in [0, 0.1) is 5.92 Å². The molecule has 2 atom stereocenters. The van der Waals surface area contributed by atoms with Crippen molar-refractivity contribution in [3.63, 3.8) is 0 Å². The molecule has 35 heavy (non-hydrogen) atoms. The highest BCUT2D eigenvalue weighted by Gasteiger charge is 2.38. The standard InChI is InChI=1S/C28H25NO6/c1-17(20-7-6-8-21(15-20)34-2)24(25(30)18-11-13-19(14-12-18)28(33)35-3)16-29-26(31)22-9-4-5-10-23(22)27(29)32/h4-15,24-25,30H,1,16H2,2-3H3. The number of imide groups is 1. The molecule has 1 heterocycles. The van der Waals surface area contributed by atoms with Crippen LogP contribution in [0.2, 0.25) is 0 Å². The monoisotopic (exact) mass is 471 g/mol. The Balaban J connectivity index is 1.69. The largest absolute Gasteiger partial charge is 0.497 e. The molecule has 0 aromatic heterocycles. The molecular formula is C28H25NO6. The second-order valence-corrected chi connectivity index (χ2v) is 8.19. The fourth-order valence-corrected chi connectivity index (χ4v) is 4.21. The maximum absolute atomic E-state index is 13.0. The molecule has 0 aliphatic carbocycles. The molecule has 0 bridgehead atoms. The van der Waals surface area contributed by atoms with Crippen molar-refractivity contribution in [2.45, 2.75) is 6.10 Å². The first kappa shape index (κ1) is 23.9. The summed E-state index contributed by atoms with van der Waals surface area (Å²) in [5.74, 6) is -1.44. The molecule has 0 spiro atoms. The first-order valence-corrected chi connectivity index (χ1v) is 11.0. The highest BCUT2D eigenvalue weighted by Crippen LogP contribution is 2.36. The van der Waals surface area contributed by atoms with Gasteiger partial charge in [0.1, 0.15) is 5.75 Å². The molecule has 3 aromatic rings. The number of fused-ring (bicyclic) bond motifs is 1. The summed E-state index contributed by atoms with van der Waals surface area (Å²) in [5.41, 5.74) is 2.75. The first-order valence-electron chi connectivity index (χ1n) is 11.0. The third-order valence-electron chi connectivity index (χ3n) is 6.20. The number of rotatable bonds is 8. The molecule has 0 radical (unpaired) electrons. The van der Waals surface area contributed by atoms with Gasteiger partial charge in [0.25, 0.3) is 11.8 Å². The molecule has 2 unspecified atom stereocenters. The molecule has 2 amide bonds. The Labute approximate surface area is 203 Å². The lowest BCUT2D eigenvalue weighted by molar-refractivity contribution is 0.0568. The molecule has 178 valence electrons. The van der Waals surface area contributed by atoms with Gasteiger partial charge in [-0.3, -0.25) is 14.5 Å². The van der Waals surface area contributed by atoms with Crippen LogP contribution >= 0.6 is 0 Å². The summed E-state index contributed by atoms with van der Waals surface area (Å²) in [6.07, 6.45) is -1.12. The summed E-state index contributed by atoms with van der Waals surface area (Å²) < 4.78 is 10.1. The quantitative estimate of drug-likeness (QED) is 0.392. The van der Waals surface area contributed by atoms with E-state index in [-0.39, 0.29) is 6.54 Å². The average molecular weight is 472 g/mol. The van der Waals surface area contributed by atoms with Gasteiger partial charge < -0.3 is 14.6 Å². The highest BCUT2D eigenvalue weighted by atomic mass is 16.5. The van der Waals surface area contributed by atoms with Crippen molar-refractivity contribution in [1.82, 2.24) is 4.90 Å². The van der Waals surface area contributed by atoms with Crippen LogP contribution in [-0.4, -0.2) is 48.6 Å². The molecule has 0 fully saturated rings. The van der Waals surface area contributed by atoms with E-state index in [2.05, 4.69) is 6.58 Å². The molecule has 1 aliphatic rings. The number of benzene rings is 3. The Hall–Kier alpha value is -4.23. The molecule has 7 nitrogen and oxygen atoms in total. The Morgan fingerprint density at radius 3 is 2.11 bits per heavy atom. The number of amides is 2. The van der Waals surface area contributed by atoms with Crippen molar-refractivity contribution in [3.05, 3.63) is 107 Å². The second-order valence-electron chi connectivity index (χ2n) is 8.19. The number of hydrogen-bond acceptors (Lipinski definition) is 6. The molecular weight excluding hydrogens is 446 g/mol. The van der Waals surface area contributed by atoms with Crippen LogP contribution in [0.4, 0.5) is 0 Å². The number of nitrogens with zero attached hydrogens (tertiary/aromatic N) is 1. The average Bonchev–Trinajstić information content (AvgIpc) is 3.15. The zero-order valence-corrected chi connectivity index (χ0v) is 19.4. The van der Waals surface area contributed by atoms with Crippen molar-refractivity contribution in [2.75, 3.05) is 20.8 Å². The minimum absolute atomic E-state index is 0.0810. The molecule has 1 aliphatic heterocycles. The van der Waals surface area contributed by atoms with Crippen LogP contribution in [0.1, 0.15) is 48.3 Å². The highest BCUT2D eigenvalue weighted by molar-refractivity contribution is 6.21. The van der Waals surface area contributed by atoms with E-state index in [1.54, 1.807) is 73.8 Å². The lowest BCUT2D eigenvalue weighted by Gasteiger charge is -2.29. The maximum atomic E-state index is 13.0. The number of carbonyl (C=O) groups is 3. The van der Waals surface area contributed by atoms with Crippen LogP contribution in [0.15, 0.2) is 79.4 Å². The number of aliphatic hydroxyl groups is 1. The van der Waals surface area contributed by atoms with Gasteiger partial charge in [0.15, 0.2) is 0 Å². The van der Waals surface area contributed by atoms with Gasteiger partial charge in [0.2, 0.25) is 0 Å². The molecule has 0 saturated heterocycles. The summed E-state index contributed by atoms with van der Waals surface area (Å²) in [6, 6.07) is 20.2. The Morgan fingerprint density at radius 2 is 1.54 bits per heavy atom. The van der Waals surface area contributed by atoms with Gasteiger partial charge in [-0.15, -0.1) is 0 Å². The topological polar surface area (TPSA) is 93.1 Å². The van der Waals surface area contributed by atoms with Gasteiger partial charge in [0, 0.05) is 12.5 Å². The summed E-state index contributed by atoms with van der Waals surface area (Å²) in [5, 5.41) is 11.4. The number of esters is 1. The number of hydrogen-bond donors (Lipinski definition) is 1. The lowest BCUT2D eigenvalue weighted by atomic mass is 9.85. The van der Waals surface area contributed by atoms with Gasteiger partial charge in [-0.1, -0.05) is 43.0 Å². The van der Waals surface area contributed by atoms with Crippen molar-refractivity contribution in [1.29, 1.82) is 0 Å². The SMILES string of the molecule is C=C(c1cccc(OC)c1)C(CN1C(=O)c2ccccc2C1=O)C(O)c1ccc(C(=O)OC)cc1. The molecule has 4 rings (SSSR count). The summed E-state index contributed by atoms with van der Waals surface area (Å²) in [4.78, 5) is 39.0. The van der Waals surface area contributed by atoms with E-state index in [4.69, 9.17) is 9.47 Å². The van der Waals surface area contributed by atoms with Crippen LogP contribution < -0.4 is 4.74 Å². The predicted octanol–water partition coefficient (Wildman–Crippen LogP) is 4.14. The Morgan fingerprint density at radius 1 is 0.914 bits per heavy atom. The first-order chi connectivity index (χ1) is 16.8. The van der Waals surface area contributed by atoms with Crippen molar-refractivity contribution in [3.8, 4) is 5.75 Å². The zero-order valence-electron chi connectivity index (χ0n) is 19.4. The fourth-order valence-electron chi connectivity index (χ4n) is 4.21. The predicted molar refractivity (Wildman–Crippen MR) is 130 cm³/mol. The van der Waals surface area contributed by atoms with E-state index in [1.807, 2.05) is 6.07 Å². The fraction of sp³-hybridized carbons (Fsp3) is 0.179. The summed E-state index contributed by atoms with van der Waals surface area (Å²) in [6.45, 7) is 4.13. The normalized spacial score (nSPS) is 14.3. The molecule has 0 saturated carbocycles. The van der Waals surface area contributed by atoms with Gasteiger partial charge in [0.05, 0.1) is 37.0 Å². The van der Waals surface area contributed by atoms with Gasteiger partial charge in [-0.25, -0.2) is 4.79 Å². The van der Waals surface area contributed by atoms with E-state index in [1.165, 1.54) is 7.11 Å². The maximum Gasteiger partial charge on any atom is 0.337 e. The van der Waals surface area contributed by atoms with Gasteiger partial charge in [-0.05, 0) is 53.1 Å². The number of carbonyl (C=O) groups excluding carboxylic acids is 3. The van der Waals surface area contributed by atoms with Crippen LogP contribution in [0.5, 0.6) is 5.75 Å². The third kappa shape index (κ3) is 4.58. The molecule has 3 aromatic carbocycles. The number of ether oxygens (including phenoxy) is 2. The summed E-state index contributed by atoms with van der Waals surface area (Å²) >= 11 is 0. The van der Waals surface area contributed by atoms with Gasteiger partial charge in [-0.2, -0.15) is 0 Å². The minimum Gasteiger partial charge on any atom is -0.497 e. The van der Waals surface area contributed by atoms with Crippen LogP contribution in [-0.2, 0) is 4.74 Å². The summed E-state index contributed by atoms with van der Waals surface area (Å²) in [7, 11) is 2.84. The minimum atomic E-state index is -1.12. The third-order valence-corrected chi connectivity index (χ3v) is 6.20. The second kappa shape index (κ2) is 9.95. The number of methoxy groups -OCH3 is 2. The smallest absolute Gasteiger partial charge is 0.337 e. The van der Waals surface area contributed by atoms with E-state index in [0.29, 0.717) is 39.1 Å². The van der Waals surface area contributed by atoms with Crippen LogP contribution in [0.3, 0.4) is 0 Å². The molecule has 1 N–H and O–H groups in total. The number of aliphatic hydroxyl groups excluding tert-OH is 1. The Bertz CT molecular complexity index is 1260. The van der Waals surface area contributed by atoms with Gasteiger partial charge >= 0.3 is 5.97 Å². The van der Waals surface area contributed by atoms with E-state index in [9.17, 15) is 19.5 Å². The molecule has 7 heteroatoms. The van der Waals surface area contributed by atoms with Crippen LogP contribution in [0.25, 0.3) is 5.57 Å². The lowest BCUT2D eigenvalue weighted by Crippen LogP contribution is -2.37.